The van der Waals surface area contributed by atoms with Gasteiger partial charge in [-0.15, -0.1) is 0 Å². The first-order valence-corrected chi connectivity index (χ1v) is 8.88. The number of hydrogen-bond acceptors (Lipinski definition) is 3. The molecule has 1 saturated carbocycles. The highest BCUT2D eigenvalue weighted by Crippen LogP contribution is 2.27. The fourth-order valence-corrected chi connectivity index (χ4v) is 3.55. The SMILES string of the molecule is CC(C)NS(=O)(=O)Cc1ccc(CNCC2CC2)cc1. The van der Waals surface area contributed by atoms with Gasteiger partial charge in [0.2, 0.25) is 10.0 Å². The van der Waals surface area contributed by atoms with Crippen molar-refractivity contribution in [3.63, 3.8) is 0 Å². The molecule has 0 amide bonds. The van der Waals surface area contributed by atoms with Crippen LogP contribution >= 0.6 is 0 Å². The van der Waals surface area contributed by atoms with Gasteiger partial charge in [-0.05, 0) is 50.3 Å². The van der Waals surface area contributed by atoms with E-state index in [1.165, 1.54) is 18.4 Å². The minimum Gasteiger partial charge on any atom is -0.312 e. The first-order valence-electron chi connectivity index (χ1n) is 7.23. The quantitative estimate of drug-likeness (QED) is 0.771. The molecule has 0 spiro atoms. The van der Waals surface area contributed by atoms with Gasteiger partial charge in [-0.1, -0.05) is 24.3 Å². The maximum absolute atomic E-state index is 11.8. The topological polar surface area (TPSA) is 58.2 Å². The summed E-state index contributed by atoms with van der Waals surface area (Å²) in [5.74, 6) is 0.919. The smallest absolute Gasteiger partial charge is 0.216 e. The largest absolute Gasteiger partial charge is 0.312 e. The van der Waals surface area contributed by atoms with E-state index >= 15 is 0 Å². The Labute approximate surface area is 122 Å². The van der Waals surface area contributed by atoms with Crippen molar-refractivity contribution in [3.05, 3.63) is 35.4 Å². The molecule has 0 unspecified atom stereocenters. The maximum atomic E-state index is 11.8. The molecule has 0 radical (unpaired) electrons. The molecule has 20 heavy (non-hydrogen) atoms. The van der Waals surface area contributed by atoms with Crippen LogP contribution in [0.4, 0.5) is 0 Å². The minimum atomic E-state index is -3.23. The summed E-state index contributed by atoms with van der Waals surface area (Å²) in [6.45, 7) is 5.60. The van der Waals surface area contributed by atoms with Gasteiger partial charge in [-0.2, -0.15) is 0 Å². The van der Waals surface area contributed by atoms with E-state index in [-0.39, 0.29) is 11.8 Å². The van der Waals surface area contributed by atoms with E-state index in [1.54, 1.807) is 0 Å². The molecule has 1 aromatic rings. The summed E-state index contributed by atoms with van der Waals surface area (Å²) in [6.07, 6.45) is 2.71. The van der Waals surface area contributed by atoms with E-state index in [1.807, 2.05) is 38.1 Å². The second-order valence-corrected chi connectivity index (χ2v) is 7.68. The van der Waals surface area contributed by atoms with Crippen molar-refractivity contribution in [2.75, 3.05) is 6.54 Å². The van der Waals surface area contributed by atoms with Crippen molar-refractivity contribution in [1.29, 1.82) is 0 Å². The highest BCUT2D eigenvalue weighted by Gasteiger charge is 2.20. The van der Waals surface area contributed by atoms with Crippen LogP contribution in [0.1, 0.15) is 37.8 Å². The zero-order chi connectivity index (χ0) is 14.6. The zero-order valence-electron chi connectivity index (χ0n) is 12.2. The van der Waals surface area contributed by atoms with E-state index < -0.39 is 10.0 Å². The lowest BCUT2D eigenvalue weighted by molar-refractivity contribution is 0.569. The predicted octanol–water partition coefficient (Wildman–Crippen LogP) is 2.01. The lowest BCUT2D eigenvalue weighted by Crippen LogP contribution is -2.31. The number of sulfonamides is 1. The lowest BCUT2D eigenvalue weighted by atomic mass is 10.1. The molecule has 1 fully saturated rings. The molecule has 2 rings (SSSR count). The second kappa shape index (κ2) is 6.70. The highest BCUT2D eigenvalue weighted by atomic mass is 32.2. The molecule has 2 N–H and O–H groups in total. The molecule has 0 heterocycles. The molecule has 1 aliphatic rings. The van der Waals surface area contributed by atoms with Crippen LogP contribution in [0, 0.1) is 5.92 Å². The van der Waals surface area contributed by atoms with Crippen LogP contribution in [-0.4, -0.2) is 21.0 Å². The minimum absolute atomic E-state index is 0.0426. The van der Waals surface area contributed by atoms with Gasteiger partial charge < -0.3 is 5.32 Å². The Morgan fingerprint density at radius 3 is 2.30 bits per heavy atom. The molecular weight excluding hydrogens is 272 g/mol. The van der Waals surface area contributed by atoms with Gasteiger partial charge in [0.05, 0.1) is 5.75 Å². The van der Waals surface area contributed by atoms with Crippen LogP contribution in [0.2, 0.25) is 0 Å². The third-order valence-electron chi connectivity index (χ3n) is 3.25. The van der Waals surface area contributed by atoms with Crippen molar-refractivity contribution in [1.82, 2.24) is 10.0 Å². The number of benzene rings is 1. The number of nitrogens with one attached hydrogen (secondary N) is 2. The molecule has 0 aromatic heterocycles. The first kappa shape index (κ1) is 15.5. The standard InChI is InChI=1S/C15H24N2O2S/c1-12(2)17-20(18,19)11-15-7-5-14(6-8-15)10-16-9-13-3-4-13/h5-8,12-13,16-17H,3-4,9-11H2,1-2H3. The summed E-state index contributed by atoms with van der Waals surface area (Å²) in [7, 11) is -3.23. The highest BCUT2D eigenvalue weighted by molar-refractivity contribution is 7.88. The lowest BCUT2D eigenvalue weighted by Gasteiger charge is -2.10. The maximum Gasteiger partial charge on any atom is 0.216 e. The summed E-state index contributed by atoms with van der Waals surface area (Å²) < 4.78 is 26.2. The molecule has 0 aliphatic heterocycles. The van der Waals surface area contributed by atoms with Gasteiger partial charge in [0, 0.05) is 12.6 Å². The average Bonchev–Trinajstić information content (AvgIpc) is 3.13. The van der Waals surface area contributed by atoms with Gasteiger partial charge in [-0.3, -0.25) is 0 Å². The Morgan fingerprint density at radius 1 is 1.15 bits per heavy atom. The van der Waals surface area contributed by atoms with Crippen molar-refractivity contribution in [2.45, 2.75) is 45.0 Å². The third-order valence-corrected chi connectivity index (χ3v) is 4.80. The molecule has 0 atom stereocenters. The van der Waals surface area contributed by atoms with Crippen LogP contribution in [0.15, 0.2) is 24.3 Å². The Kier molecular flexibility index (Phi) is 5.18. The van der Waals surface area contributed by atoms with Gasteiger partial charge in [0.15, 0.2) is 0 Å². The predicted molar refractivity (Wildman–Crippen MR) is 81.8 cm³/mol. The van der Waals surface area contributed by atoms with Crippen molar-refractivity contribution >= 4 is 10.0 Å². The van der Waals surface area contributed by atoms with Crippen LogP contribution in [0.3, 0.4) is 0 Å². The summed E-state index contributed by atoms with van der Waals surface area (Å²) in [4.78, 5) is 0. The monoisotopic (exact) mass is 296 g/mol. The molecule has 5 heteroatoms. The molecule has 112 valence electrons. The van der Waals surface area contributed by atoms with Crippen LogP contribution in [-0.2, 0) is 22.3 Å². The van der Waals surface area contributed by atoms with Gasteiger partial charge in [0.1, 0.15) is 0 Å². The Balaban J connectivity index is 1.83. The van der Waals surface area contributed by atoms with Gasteiger partial charge in [-0.25, -0.2) is 13.1 Å². The molecule has 0 bridgehead atoms. The van der Waals surface area contributed by atoms with Crippen molar-refractivity contribution in [3.8, 4) is 0 Å². The van der Waals surface area contributed by atoms with E-state index in [9.17, 15) is 8.42 Å². The molecule has 0 saturated heterocycles. The molecule has 1 aliphatic carbocycles. The Bertz CT molecular complexity index is 519. The summed E-state index contributed by atoms with van der Waals surface area (Å²) in [5, 5.41) is 3.43. The van der Waals surface area contributed by atoms with Crippen LogP contribution in [0.25, 0.3) is 0 Å². The van der Waals surface area contributed by atoms with E-state index in [2.05, 4.69) is 10.0 Å². The number of hydrogen-bond donors (Lipinski definition) is 2. The van der Waals surface area contributed by atoms with E-state index in [0.29, 0.717) is 0 Å². The van der Waals surface area contributed by atoms with Gasteiger partial charge in [0.25, 0.3) is 0 Å². The summed E-state index contributed by atoms with van der Waals surface area (Å²) >= 11 is 0. The zero-order valence-corrected chi connectivity index (χ0v) is 13.0. The molecular formula is C15H24N2O2S. The molecule has 4 nitrogen and oxygen atoms in total. The fraction of sp³-hybridized carbons (Fsp3) is 0.600. The van der Waals surface area contributed by atoms with Gasteiger partial charge >= 0.3 is 0 Å². The fourth-order valence-electron chi connectivity index (χ4n) is 2.12. The second-order valence-electron chi connectivity index (χ2n) is 5.92. The Morgan fingerprint density at radius 2 is 1.75 bits per heavy atom. The average molecular weight is 296 g/mol. The Hall–Kier alpha value is -0.910. The van der Waals surface area contributed by atoms with Crippen LogP contribution in [0.5, 0.6) is 0 Å². The summed E-state index contributed by atoms with van der Waals surface area (Å²) in [6, 6.07) is 7.73. The van der Waals surface area contributed by atoms with E-state index in [4.69, 9.17) is 0 Å². The van der Waals surface area contributed by atoms with Crippen molar-refractivity contribution < 1.29 is 8.42 Å². The number of rotatable bonds is 8. The first-order chi connectivity index (χ1) is 9.44. The third kappa shape index (κ3) is 5.61. The normalized spacial score (nSPS) is 15.8. The summed E-state index contributed by atoms with van der Waals surface area (Å²) in [5.41, 5.74) is 2.02. The van der Waals surface area contributed by atoms with Crippen LogP contribution < -0.4 is 10.0 Å². The molecule has 1 aromatic carbocycles. The van der Waals surface area contributed by atoms with E-state index in [0.717, 1.165) is 24.6 Å². The van der Waals surface area contributed by atoms with Crippen molar-refractivity contribution in [2.24, 2.45) is 5.92 Å².